The highest BCUT2D eigenvalue weighted by atomic mass is 32.2. The van der Waals surface area contributed by atoms with E-state index in [0.717, 1.165) is 12.3 Å². The van der Waals surface area contributed by atoms with E-state index in [1.807, 2.05) is 19.0 Å². The molecule has 1 aromatic heterocycles. The van der Waals surface area contributed by atoms with E-state index in [4.69, 9.17) is 10.8 Å². The first kappa shape index (κ1) is 12.8. The van der Waals surface area contributed by atoms with Crippen LogP contribution in [-0.4, -0.2) is 47.4 Å². The van der Waals surface area contributed by atoms with Crippen LogP contribution >= 0.6 is 11.8 Å². The van der Waals surface area contributed by atoms with Crippen molar-refractivity contribution in [2.45, 2.75) is 5.03 Å². The Morgan fingerprint density at radius 1 is 1.62 bits per heavy atom. The second-order valence-electron chi connectivity index (χ2n) is 3.58. The van der Waals surface area contributed by atoms with Crippen molar-refractivity contribution in [3.63, 3.8) is 0 Å². The van der Waals surface area contributed by atoms with Crippen molar-refractivity contribution >= 4 is 23.4 Å². The van der Waals surface area contributed by atoms with E-state index in [1.54, 1.807) is 0 Å². The van der Waals surface area contributed by atoms with E-state index < -0.39 is 5.97 Å². The van der Waals surface area contributed by atoms with Crippen molar-refractivity contribution in [3.05, 3.63) is 17.8 Å². The Morgan fingerprint density at radius 3 is 2.88 bits per heavy atom. The van der Waals surface area contributed by atoms with Crippen LogP contribution in [-0.2, 0) is 0 Å². The quantitative estimate of drug-likeness (QED) is 0.749. The van der Waals surface area contributed by atoms with Crippen LogP contribution in [0.25, 0.3) is 0 Å². The highest BCUT2D eigenvalue weighted by Gasteiger charge is 2.12. The summed E-state index contributed by atoms with van der Waals surface area (Å²) < 4.78 is 0. The third-order valence-corrected chi connectivity index (χ3v) is 2.87. The molecule has 5 nitrogen and oxygen atoms in total. The molecule has 0 fully saturated rings. The van der Waals surface area contributed by atoms with E-state index in [-0.39, 0.29) is 5.56 Å². The smallest absolute Gasteiger partial charge is 0.338 e. The molecule has 6 heteroatoms. The molecule has 0 atom stereocenters. The van der Waals surface area contributed by atoms with Crippen molar-refractivity contribution < 1.29 is 9.90 Å². The van der Waals surface area contributed by atoms with Crippen LogP contribution in [0.3, 0.4) is 0 Å². The maximum absolute atomic E-state index is 11.0. The van der Waals surface area contributed by atoms with Gasteiger partial charge in [0.25, 0.3) is 0 Å². The van der Waals surface area contributed by atoms with Crippen molar-refractivity contribution in [3.8, 4) is 0 Å². The summed E-state index contributed by atoms with van der Waals surface area (Å²) in [6, 6.07) is 1.44. The third-order valence-electron chi connectivity index (χ3n) is 1.88. The molecule has 0 unspecified atom stereocenters. The number of carboxylic acid groups (broad SMARTS) is 1. The summed E-state index contributed by atoms with van der Waals surface area (Å²) in [5.74, 6) is -0.198. The summed E-state index contributed by atoms with van der Waals surface area (Å²) in [4.78, 5) is 17.0. The fourth-order valence-corrected chi connectivity index (χ4v) is 2.14. The van der Waals surface area contributed by atoms with Gasteiger partial charge in [-0.15, -0.1) is 11.8 Å². The number of rotatable bonds is 5. The molecule has 1 heterocycles. The average Bonchev–Trinajstić information content (AvgIpc) is 2.19. The molecular formula is C10H15N3O2S. The second kappa shape index (κ2) is 5.72. The van der Waals surface area contributed by atoms with Gasteiger partial charge in [0, 0.05) is 12.3 Å². The topological polar surface area (TPSA) is 79.5 Å². The Bertz CT molecular complexity index is 382. The Labute approximate surface area is 98.7 Å². The van der Waals surface area contributed by atoms with Gasteiger partial charge < -0.3 is 15.7 Å². The zero-order chi connectivity index (χ0) is 12.1. The van der Waals surface area contributed by atoms with E-state index in [1.165, 1.54) is 24.0 Å². The predicted molar refractivity (Wildman–Crippen MR) is 64.9 cm³/mol. The summed E-state index contributed by atoms with van der Waals surface area (Å²) in [5, 5.41) is 9.50. The van der Waals surface area contributed by atoms with Crippen LogP contribution in [0.15, 0.2) is 17.3 Å². The molecule has 0 spiro atoms. The number of hydrogen-bond donors (Lipinski definition) is 2. The Hall–Kier alpha value is -1.27. The number of hydrogen-bond acceptors (Lipinski definition) is 5. The minimum Gasteiger partial charge on any atom is -0.478 e. The maximum atomic E-state index is 11.0. The molecule has 0 amide bonds. The molecule has 0 aliphatic heterocycles. The minimum atomic E-state index is -0.993. The number of pyridine rings is 1. The normalized spacial score (nSPS) is 10.7. The number of nitrogens with two attached hydrogens (primary N) is 1. The lowest BCUT2D eigenvalue weighted by atomic mass is 10.3. The molecular weight excluding hydrogens is 226 g/mol. The fourth-order valence-electron chi connectivity index (χ4n) is 1.06. The highest BCUT2D eigenvalue weighted by Crippen LogP contribution is 2.21. The summed E-state index contributed by atoms with van der Waals surface area (Å²) in [6.07, 6.45) is 1.48. The van der Waals surface area contributed by atoms with Gasteiger partial charge in [0.1, 0.15) is 5.03 Å². The second-order valence-corrected chi connectivity index (χ2v) is 4.66. The first-order chi connectivity index (χ1) is 7.50. The molecule has 3 N–H and O–H groups in total. The Kier molecular flexibility index (Phi) is 4.57. The maximum Gasteiger partial charge on any atom is 0.338 e. The van der Waals surface area contributed by atoms with Gasteiger partial charge in [-0.05, 0) is 20.2 Å². The Balaban J connectivity index is 2.75. The van der Waals surface area contributed by atoms with E-state index in [9.17, 15) is 4.79 Å². The first-order valence-electron chi connectivity index (χ1n) is 4.77. The van der Waals surface area contributed by atoms with Gasteiger partial charge >= 0.3 is 5.97 Å². The third kappa shape index (κ3) is 3.71. The lowest BCUT2D eigenvalue weighted by Gasteiger charge is -2.09. The van der Waals surface area contributed by atoms with Crippen LogP contribution in [0.1, 0.15) is 10.4 Å². The number of thioether (sulfide) groups is 1. The van der Waals surface area contributed by atoms with Gasteiger partial charge in [-0.1, -0.05) is 0 Å². The van der Waals surface area contributed by atoms with E-state index >= 15 is 0 Å². The molecule has 0 radical (unpaired) electrons. The summed E-state index contributed by atoms with van der Waals surface area (Å²) in [5.41, 5.74) is 6.04. The first-order valence-corrected chi connectivity index (χ1v) is 5.75. The predicted octanol–water partition coefficient (Wildman–Crippen LogP) is 1.02. The number of anilines is 1. The summed E-state index contributed by atoms with van der Waals surface area (Å²) in [7, 11) is 3.93. The molecule has 0 saturated carbocycles. The SMILES string of the molecule is CN(C)CCSc1ncc(N)cc1C(=O)O. The van der Waals surface area contributed by atoms with Crippen molar-refractivity contribution in [1.82, 2.24) is 9.88 Å². The molecule has 0 aromatic carbocycles. The number of nitrogens with zero attached hydrogens (tertiary/aromatic N) is 2. The number of aromatic carboxylic acids is 1. The van der Waals surface area contributed by atoms with Gasteiger partial charge in [0.2, 0.25) is 0 Å². The van der Waals surface area contributed by atoms with E-state index in [2.05, 4.69) is 4.98 Å². The van der Waals surface area contributed by atoms with Crippen molar-refractivity contribution in [2.24, 2.45) is 0 Å². The van der Waals surface area contributed by atoms with Gasteiger partial charge in [-0.3, -0.25) is 0 Å². The minimum absolute atomic E-state index is 0.170. The van der Waals surface area contributed by atoms with Crippen LogP contribution in [0.5, 0.6) is 0 Å². The molecule has 88 valence electrons. The van der Waals surface area contributed by atoms with Crippen LogP contribution in [0.2, 0.25) is 0 Å². The number of carboxylic acids is 1. The van der Waals surface area contributed by atoms with Gasteiger partial charge in [0.15, 0.2) is 0 Å². The van der Waals surface area contributed by atoms with Crippen LogP contribution in [0, 0.1) is 0 Å². The summed E-state index contributed by atoms with van der Waals surface area (Å²) >= 11 is 1.42. The molecule has 0 aliphatic carbocycles. The fraction of sp³-hybridized carbons (Fsp3) is 0.400. The standard InChI is InChI=1S/C10H15N3O2S/c1-13(2)3-4-16-9-8(10(14)15)5-7(11)6-12-9/h5-6H,3-4,11H2,1-2H3,(H,14,15). The van der Waals surface area contributed by atoms with E-state index in [0.29, 0.717) is 10.7 Å². The van der Waals surface area contributed by atoms with Crippen LogP contribution < -0.4 is 5.73 Å². The molecule has 0 saturated heterocycles. The highest BCUT2D eigenvalue weighted by molar-refractivity contribution is 7.99. The molecule has 0 aliphatic rings. The number of nitrogen functional groups attached to an aromatic ring is 1. The van der Waals surface area contributed by atoms with Gasteiger partial charge in [0.05, 0.1) is 17.4 Å². The van der Waals surface area contributed by atoms with Gasteiger partial charge in [-0.2, -0.15) is 0 Å². The lowest BCUT2D eigenvalue weighted by molar-refractivity contribution is 0.0692. The van der Waals surface area contributed by atoms with Crippen molar-refractivity contribution in [2.75, 3.05) is 32.1 Å². The van der Waals surface area contributed by atoms with Crippen LogP contribution in [0.4, 0.5) is 5.69 Å². The zero-order valence-electron chi connectivity index (χ0n) is 9.30. The molecule has 1 aromatic rings. The largest absolute Gasteiger partial charge is 0.478 e. The molecule has 0 bridgehead atoms. The number of carbonyl (C=O) groups is 1. The number of aromatic nitrogens is 1. The zero-order valence-corrected chi connectivity index (χ0v) is 10.1. The summed E-state index contributed by atoms with van der Waals surface area (Å²) in [6.45, 7) is 0.871. The van der Waals surface area contributed by atoms with Crippen molar-refractivity contribution in [1.29, 1.82) is 0 Å². The monoisotopic (exact) mass is 241 g/mol. The van der Waals surface area contributed by atoms with Gasteiger partial charge in [-0.25, -0.2) is 9.78 Å². The lowest BCUT2D eigenvalue weighted by Crippen LogP contribution is -2.15. The molecule has 16 heavy (non-hydrogen) atoms. The average molecular weight is 241 g/mol. The Morgan fingerprint density at radius 2 is 2.31 bits per heavy atom. The molecule has 1 rings (SSSR count).